The van der Waals surface area contributed by atoms with E-state index in [9.17, 15) is 4.79 Å². The molecule has 3 rings (SSSR count). The number of hydrogen-bond acceptors (Lipinski definition) is 5. The molecule has 5 nitrogen and oxygen atoms in total. The first kappa shape index (κ1) is 16.6. The van der Waals surface area contributed by atoms with Gasteiger partial charge in [-0.15, -0.1) is 11.8 Å². The molecule has 126 valence electrons. The van der Waals surface area contributed by atoms with Gasteiger partial charge in [0, 0.05) is 31.1 Å². The lowest BCUT2D eigenvalue weighted by Gasteiger charge is -2.35. The Morgan fingerprint density at radius 3 is 2.79 bits per heavy atom. The quantitative estimate of drug-likeness (QED) is 0.833. The summed E-state index contributed by atoms with van der Waals surface area (Å²) in [5.74, 6) is 2.35. The Morgan fingerprint density at radius 2 is 2.08 bits per heavy atom. The van der Waals surface area contributed by atoms with Crippen LogP contribution in [0.3, 0.4) is 0 Å². The van der Waals surface area contributed by atoms with E-state index in [2.05, 4.69) is 4.98 Å². The summed E-state index contributed by atoms with van der Waals surface area (Å²) in [4.78, 5) is 18.5. The second-order valence-electron chi connectivity index (χ2n) is 5.47. The van der Waals surface area contributed by atoms with Gasteiger partial charge in [-0.3, -0.25) is 9.78 Å². The summed E-state index contributed by atoms with van der Waals surface area (Å²) in [6.07, 6.45) is 4.11. The molecule has 1 amide bonds. The van der Waals surface area contributed by atoms with E-state index in [-0.39, 0.29) is 11.3 Å². The Balaban J connectivity index is 1.90. The molecule has 1 unspecified atom stereocenters. The number of carbonyl (C=O) groups excluding carboxylic acids is 1. The molecule has 2 aromatic rings. The first-order valence-electron chi connectivity index (χ1n) is 7.75. The molecule has 0 aliphatic carbocycles. The van der Waals surface area contributed by atoms with Crippen LogP contribution in [0.2, 0.25) is 0 Å². The topological polar surface area (TPSA) is 51.7 Å². The van der Waals surface area contributed by atoms with Crippen molar-refractivity contribution in [2.75, 3.05) is 20.0 Å². The van der Waals surface area contributed by atoms with Crippen molar-refractivity contribution >= 4 is 17.7 Å². The van der Waals surface area contributed by atoms with Gasteiger partial charge in [-0.05, 0) is 29.3 Å². The highest BCUT2D eigenvalue weighted by Gasteiger charge is 2.30. The Bertz CT molecular complexity index is 709. The van der Waals surface area contributed by atoms with Crippen LogP contribution in [0.4, 0.5) is 0 Å². The average molecular weight is 344 g/mol. The third kappa shape index (κ3) is 3.48. The maximum atomic E-state index is 12.5. The highest BCUT2D eigenvalue weighted by atomic mass is 32.2. The molecule has 0 bridgehead atoms. The summed E-state index contributed by atoms with van der Waals surface area (Å²) in [7, 11) is 3.24. The smallest absolute Gasteiger partial charge is 0.224 e. The first-order chi connectivity index (χ1) is 11.7. The van der Waals surface area contributed by atoms with E-state index in [0.717, 1.165) is 16.9 Å². The minimum atomic E-state index is -0.0359. The molecule has 0 N–H and O–H groups in total. The Kier molecular flexibility index (Phi) is 5.25. The molecule has 1 fully saturated rings. The van der Waals surface area contributed by atoms with Crippen molar-refractivity contribution in [3.63, 3.8) is 0 Å². The van der Waals surface area contributed by atoms with Gasteiger partial charge >= 0.3 is 0 Å². The Labute approximate surface area is 146 Å². The molecule has 0 saturated carbocycles. The van der Waals surface area contributed by atoms with E-state index in [0.29, 0.717) is 24.5 Å². The summed E-state index contributed by atoms with van der Waals surface area (Å²) >= 11 is 1.77. The fourth-order valence-corrected chi connectivity index (χ4v) is 3.99. The number of amides is 1. The average Bonchev–Trinajstić information content (AvgIpc) is 2.63. The van der Waals surface area contributed by atoms with Gasteiger partial charge < -0.3 is 14.4 Å². The minimum Gasteiger partial charge on any atom is -0.493 e. The molecular weight excluding hydrogens is 324 g/mol. The lowest BCUT2D eigenvalue weighted by atomic mass is 10.1. The fraction of sp³-hybridized carbons (Fsp3) is 0.333. The molecule has 1 aromatic heterocycles. The number of nitrogens with zero attached hydrogens (tertiary/aromatic N) is 2. The van der Waals surface area contributed by atoms with Crippen molar-refractivity contribution in [3.05, 3.63) is 53.9 Å². The second-order valence-corrected chi connectivity index (χ2v) is 6.66. The fourth-order valence-electron chi connectivity index (χ4n) is 2.76. The van der Waals surface area contributed by atoms with Crippen molar-refractivity contribution in [1.29, 1.82) is 0 Å². The first-order valence-corrected chi connectivity index (χ1v) is 8.79. The van der Waals surface area contributed by atoms with Gasteiger partial charge in [0.25, 0.3) is 0 Å². The van der Waals surface area contributed by atoms with Crippen LogP contribution in [-0.2, 0) is 11.3 Å². The lowest BCUT2D eigenvalue weighted by molar-refractivity contribution is -0.132. The van der Waals surface area contributed by atoms with E-state index in [1.54, 1.807) is 38.4 Å². The van der Waals surface area contributed by atoms with Crippen molar-refractivity contribution in [2.45, 2.75) is 18.3 Å². The van der Waals surface area contributed by atoms with Crippen LogP contribution in [0.25, 0.3) is 0 Å². The third-order valence-corrected chi connectivity index (χ3v) is 5.25. The molecule has 0 spiro atoms. The van der Waals surface area contributed by atoms with Gasteiger partial charge in [-0.1, -0.05) is 12.1 Å². The monoisotopic (exact) mass is 344 g/mol. The van der Waals surface area contributed by atoms with Crippen LogP contribution >= 0.6 is 11.8 Å². The second kappa shape index (κ2) is 7.57. The maximum Gasteiger partial charge on any atom is 0.224 e. The summed E-state index contributed by atoms with van der Waals surface area (Å²) < 4.78 is 10.7. The number of methoxy groups -OCH3 is 2. The number of thioether (sulfide) groups is 1. The molecule has 24 heavy (non-hydrogen) atoms. The predicted molar refractivity (Wildman–Crippen MR) is 94.1 cm³/mol. The minimum absolute atomic E-state index is 0.0359. The normalized spacial score (nSPS) is 17.7. The number of carbonyl (C=O) groups is 1. The van der Waals surface area contributed by atoms with Gasteiger partial charge in [0.1, 0.15) is 5.37 Å². The third-order valence-electron chi connectivity index (χ3n) is 3.96. The lowest BCUT2D eigenvalue weighted by Crippen LogP contribution is -2.36. The number of rotatable bonds is 5. The van der Waals surface area contributed by atoms with Gasteiger partial charge in [0.2, 0.25) is 5.91 Å². The Hall–Kier alpha value is -2.21. The number of benzene rings is 1. The van der Waals surface area contributed by atoms with Crippen molar-refractivity contribution < 1.29 is 14.3 Å². The molecule has 2 heterocycles. The molecule has 0 radical (unpaired) electrons. The largest absolute Gasteiger partial charge is 0.493 e. The van der Waals surface area contributed by atoms with Gasteiger partial charge in [-0.25, -0.2) is 0 Å². The molecular formula is C18H20N2O3S. The zero-order chi connectivity index (χ0) is 16.9. The number of pyridine rings is 1. The van der Waals surface area contributed by atoms with Crippen LogP contribution in [0.1, 0.15) is 22.9 Å². The van der Waals surface area contributed by atoms with E-state index in [1.807, 2.05) is 35.2 Å². The SMILES string of the molecule is COc1ccc(C2SCCC(=O)N2Cc2cccnc2)cc1OC. The van der Waals surface area contributed by atoms with Crippen LogP contribution in [0, 0.1) is 0 Å². The van der Waals surface area contributed by atoms with Gasteiger partial charge in [-0.2, -0.15) is 0 Å². The van der Waals surface area contributed by atoms with E-state index >= 15 is 0 Å². The Morgan fingerprint density at radius 1 is 1.25 bits per heavy atom. The van der Waals surface area contributed by atoms with Gasteiger partial charge in [0.05, 0.1) is 14.2 Å². The van der Waals surface area contributed by atoms with Crippen LogP contribution in [-0.4, -0.2) is 35.8 Å². The molecule has 1 saturated heterocycles. The van der Waals surface area contributed by atoms with Gasteiger partial charge in [0.15, 0.2) is 11.5 Å². The molecule has 1 atom stereocenters. The van der Waals surface area contributed by atoms with E-state index in [4.69, 9.17) is 9.47 Å². The van der Waals surface area contributed by atoms with E-state index < -0.39 is 0 Å². The standard InChI is InChI=1S/C18H20N2O3S/c1-22-15-6-5-14(10-16(15)23-2)18-20(17(21)7-9-24-18)12-13-4-3-8-19-11-13/h3-6,8,10-11,18H,7,9,12H2,1-2H3. The predicted octanol–water partition coefficient (Wildman–Crippen LogP) is 3.26. The molecule has 6 heteroatoms. The molecule has 1 aliphatic rings. The van der Waals surface area contributed by atoms with Crippen LogP contribution < -0.4 is 9.47 Å². The summed E-state index contributed by atoms with van der Waals surface area (Å²) in [5, 5.41) is -0.0359. The molecule has 1 aromatic carbocycles. The van der Waals surface area contributed by atoms with Crippen LogP contribution in [0.15, 0.2) is 42.7 Å². The van der Waals surface area contributed by atoms with Crippen molar-refractivity contribution in [3.8, 4) is 11.5 Å². The zero-order valence-electron chi connectivity index (χ0n) is 13.8. The highest BCUT2D eigenvalue weighted by molar-refractivity contribution is 7.99. The summed E-state index contributed by atoms with van der Waals surface area (Å²) in [6, 6.07) is 9.71. The highest BCUT2D eigenvalue weighted by Crippen LogP contribution is 2.41. The van der Waals surface area contributed by atoms with Crippen molar-refractivity contribution in [2.24, 2.45) is 0 Å². The number of hydrogen-bond donors (Lipinski definition) is 0. The maximum absolute atomic E-state index is 12.5. The summed E-state index contributed by atoms with van der Waals surface area (Å²) in [6.45, 7) is 0.554. The number of ether oxygens (including phenoxy) is 2. The van der Waals surface area contributed by atoms with E-state index in [1.165, 1.54) is 0 Å². The van der Waals surface area contributed by atoms with Crippen LogP contribution in [0.5, 0.6) is 11.5 Å². The zero-order valence-corrected chi connectivity index (χ0v) is 14.6. The number of aromatic nitrogens is 1. The molecule has 1 aliphatic heterocycles. The summed E-state index contributed by atoms with van der Waals surface area (Å²) in [5.41, 5.74) is 2.06. The van der Waals surface area contributed by atoms with Crippen molar-refractivity contribution in [1.82, 2.24) is 9.88 Å².